The van der Waals surface area contributed by atoms with E-state index in [4.69, 9.17) is 0 Å². The van der Waals surface area contributed by atoms with Crippen LogP contribution in [0.25, 0.3) is 0 Å². The van der Waals surface area contributed by atoms with Crippen molar-refractivity contribution in [3.8, 4) is 0 Å². The van der Waals surface area contributed by atoms with Gasteiger partial charge in [0.05, 0.1) is 6.54 Å². The third kappa shape index (κ3) is 4.56. The number of nitrogens with zero attached hydrogens (tertiary/aromatic N) is 4. The van der Waals surface area contributed by atoms with E-state index in [1.807, 2.05) is 18.5 Å². The fourth-order valence-electron chi connectivity index (χ4n) is 1.75. The molecule has 0 saturated heterocycles. The Morgan fingerprint density at radius 2 is 2.24 bits per heavy atom. The van der Waals surface area contributed by atoms with Crippen LogP contribution in [0, 0.1) is 6.92 Å². The molecule has 0 aliphatic heterocycles. The standard InChI is InChI=1S/C14H22N6S/c1-10(2)17-14(15-8-12-6-5-7-21-12)16-9-13-19-18-11(3)20(13)4/h5-7,10H,8-9H2,1-4H3,(H2,15,16,17). The lowest BCUT2D eigenvalue weighted by Gasteiger charge is -2.14. The topological polar surface area (TPSA) is 67.1 Å². The zero-order valence-electron chi connectivity index (χ0n) is 12.9. The van der Waals surface area contributed by atoms with Crippen LogP contribution in [0.1, 0.15) is 30.4 Å². The van der Waals surface area contributed by atoms with Gasteiger partial charge >= 0.3 is 0 Å². The summed E-state index contributed by atoms with van der Waals surface area (Å²) in [7, 11) is 1.95. The van der Waals surface area contributed by atoms with Gasteiger partial charge in [-0.1, -0.05) is 6.07 Å². The fourth-order valence-corrected chi connectivity index (χ4v) is 2.39. The lowest BCUT2D eigenvalue weighted by molar-refractivity contribution is 0.690. The highest BCUT2D eigenvalue weighted by Gasteiger charge is 2.06. The molecule has 0 fully saturated rings. The Balaban J connectivity index is 2.00. The molecule has 2 rings (SSSR count). The molecule has 0 amide bonds. The molecule has 2 N–H and O–H groups in total. The Bertz CT molecular complexity index is 585. The highest BCUT2D eigenvalue weighted by molar-refractivity contribution is 7.09. The average molecular weight is 306 g/mol. The Hall–Kier alpha value is -1.89. The molecule has 0 atom stereocenters. The Morgan fingerprint density at radius 3 is 2.81 bits per heavy atom. The maximum Gasteiger partial charge on any atom is 0.192 e. The molecule has 6 nitrogen and oxygen atoms in total. The number of nitrogens with one attached hydrogen (secondary N) is 2. The van der Waals surface area contributed by atoms with E-state index in [0.717, 1.165) is 24.2 Å². The van der Waals surface area contributed by atoms with Crippen molar-refractivity contribution in [2.45, 2.75) is 39.9 Å². The lowest BCUT2D eigenvalue weighted by Crippen LogP contribution is -2.40. The van der Waals surface area contributed by atoms with E-state index in [0.29, 0.717) is 12.6 Å². The molecule has 0 radical (unpaired) electrons. The molecule has 2 aromatic heterocycles. The maximum atomic E-state index is 4.58. The van der Waals surface area contributed by atoms with Crippen LogP contribution in [0.15, 0.2) is 22.5 Å². The lowest BCUT2D eigenvalue weighted by atomic mass is 10.4. The molecule has 0 bridgehead atoms. The third-order valence-electron chi connectivity index (χ3n) is 3.00. The molecule has 21 heavy (non-hydrogen) atoms. The molecule has 7 heteroatoms. The molecule has 2 heterocycles. The minimum absolute atomic E-state index is 0.320. The van der Waals surface area contributed by atoms with Crippen LogP contribution in [0.3, 0.4) is 0 Å². The van der Waals surface area contributed by atoms with Gasteiger partial charge in [0.1, 0.15) is 12.4 Å². The molecule has 0 saturated carbocycles. The first-order valence-electron chi connectivity index (χ1n) is 6.98. The summed E-state index contributed by atoms with van der Waals surface area (Å²) >= 11 is 1.73. The maximum absolute atomic E-state index is 4.58. The second-order valence-electron chi connectivity index (χ2n) is 5.12. The monoisotopic (exact) mass is 306 g/mol. The van der Waals surface area contributed by atoms with E-state index >= 15 is 0 Å². The zero-order chi connectivity index (χ0) is 15.2. The Morgan fingerprint density at radius 1 is 1.43 bits per heavy atom. The normalized spacial score (nSPS) is 12.0. The molecule has 0 unspecified atom stereocenters. The van der Waals surface area contributed by atoms with Crippen molar-refractivity contribution in [1.29, 1.82) is 0 Å². The van der Waals surface area contributed by atoms with Crippen molar-refractivity contribution >= 4 is 17.3 Å². The van der Waals surface area contributed by atoms with Gasteiger partial charge < -0.3 is 15.2 Å². The zero-order valence-corrected chi connectivity index (χ0v) is 13.7. The summed E-state index contributed by atoms with van der Waals surface area (Å²) in [5, 5.41) is 16.9. The molecule has 0 aromatic carbocycles. The summed E-state index contributed by atoms with van der Waals surface area (Å²) in [4.78, 5) is 5.86. The average Bonchev–Trinajstić information content (AvgIpc) is 3.05. The first-order chi connectivity index (χ1) is 10.1. The fraction of sp³-hybridized carbons (Fsp3) is 0.500. The van der Waals surface area contributed by atoms with E-state index in [1.54, 1.807) is 11.3 Å². The summed E-state index contributed by atoms with van der Waals surface area (Å²) in [6.45, 7) is 7.39. The van der Waals surface area contributed by atoms with Crippen molar-refractivity contribution in [1.82, 2.24) is 25.4 Å². The Kier molecular flexibility index (Phi) is 5.32. The smallest absolute Gasteiger partial charge is 0.192 e. The van der Waals surface area contributed by atoms with Crippen molar-refractivity contribution < 1.29 is 0 Å². The van der Waals surface area contributed by atoms with Crippen molar-refractivity contribution in [2.75, 3.05) is 0 Å². The Labute approximate surface area is 129 Å². The molecular weight excluding hydrogens is 284 g/mol. The summed E-state index contributed by atoms with van der Waals surface area (Å²) < 4.78 is 1.95. The van der Waals surface area contributed by atoms with Crippen LogP contribution in [-0.4, -0.2) is 26.8 Å². The van der Waals surface area contributed by atoms with Crippen LogP contribution in [0.4, 0.5) is 0 Å². The van der Waals surface area contributed by atoms with Crippen LogP contribution in [-0.2, 0) is 20.1 Å². The number of hydrogen-bond acceptors (Lipinski definition) is 4. The minimum atomic E-state index is 0.320. The summed E-state index contributed by atoms with van der Waals surface area (Å²) in [6, 6.07) is 4.48. The van der Waals surface area contributed by atoms with Crippen LogP contribution < -0.4 is 10.6 Å². The first kappa shape index (κ1) is 15.5. The number of hydrogen-bond donors (Lipinski definition) is 2. The second kappa shape index (κ2) is 7.21. The van der Waals surface area contributed by atoms with Gasteiger partial charge in [-0.15, -0.1) is 21.5 Å². The van der Waals surface area contributed by atoms with Gasteiger partial charge in [0, 0.05) is 18.0 Å². The number of aryl methyl sites for hydroxylation is 1. The van der Waals surface area contributed by atoms with E-state index in [1.165, 1.54) is 4.88 Å². The van der Waals surface area contributed by atoms with Crippen LogP contribution in [0.2, 0.25) is 0 Å². The number of aromatic nitrogens is 3. The predicted octanol–water partition coefficient (Wildman–Crippen LogP) is 1.83. The van der Waals surface area contributed by atoms with Gasteiger partial charge in [-0.2, -0.15) is 0 Å². The molecule has 114 valence electrons. The van der Waals surface area contributed by atoms with Crippen molar-refractivity contribution in [3.05, 3.63) is 34.0 Å². The van der Waals surface area contributed by atoms with E-state index in [9.17, 15) is 0 Å². The number of guanidine groups is 1. The predicted molar refractivity (Wildman–Crippen MR) is 86.3 cm³/mol. The number of rotatable bonds is 5. The first-order valence-corrected chi connectivity index (χ1v) is 7.86. The molecule has 2 aromatic rings. The minimum Gasteiger partial charge on any atom is -0.354 e. The molecule has 0 spiro atoms. The quantitative estimate of drug-likeness (QED) is 0.653. The summed E-state index contributed by atoms with van der Waals surface area (Å²) in [5.74, 6) is 2.54. The molecular formula is C14H22N6S. The van der Waals surface area contributed by atoms with Crippen LogP contribution in [0.5, 0.6) is 0 Å². The van der Waals surface area contributed by atoms with Crippen LogP contribution >= 0.6 is 11.3 Å². The second-order valence-corrected chi connectivity index (χ2v) is 6.15. The SMILES string of the molecule is Cc1nnc(CN=C(NCc2cccs2)NC(C)C)n1C. The van der Waals surface area contributed by atoms with Gasteiger partial charge in [0.25, 0.3) is 0 Å². The van der Waals surface area contributed by atoms with Crippen molar-refractivity contribution in [2.24, 2.45) is 12.0 Å². The third-order valence-corrected chi connectivity index (χ3v) is 3.87. The van der Waals surface area contributed by atoms with Gasteiger partial charge in [-0.05, 0) is 32.2 Å². The number of thiophene rings is 1. The van der Waals surface area contributed by atoms with Gasteiger partial charge in [0.2, 0.25) is 0 Å². The largest absolute Gasteiger partial charge is 0.354 e. The van der Waals surface area contributed by atoms with E-state index in [-0.39, 0.29) is 0 Å². The summed E-state index contributed by atoms with van der Waals surface area (Å²) in [5.41, 5.74) is 0. The van der Waals surface area contributed by atoms with E-state index in [2.05, 4.69) is 57.2 Å². The highest BCUT2D eigenvalue weighted by Crippen LogP contribution is 2.07. The van der Waals surface area contributed by atoms with Gasteiger partial charge in [0.15, 0.2) is 11.8 Å². The van der Waals surface area contributed by atoms with Gasteiger partial charge in [-0.25, -0.2) is 4.99 Å². The highest BCUT2D eigenvalue weighted by atomic mass is 32.1. The molecule has 0 aliphatic carbocycles. The molecule has 0 aliphatic rings. The van der Waals surface area contributed by atoms with Gasteiger partial charge in [-0.3, -0.25) is 0 Å². The number of aliphatic imine (C=N–C) groups is 1. The summed E-state index contributed by atoms with van der Waals surface area (Å²) in [6.07, 6.45) is 0. The van der Waals surface area contributed by atoms with Crippen molar-refractivity contribution in [3.63, 3.8) is 0 Å². The van der Waals surface area contributed by atoms with E-state index < -0.39 is 0 Å².